The van der Waals surface area contributed by atoms with Crippen LogP contribution >= 0.6 is 0 Å². The summed E-state index contributed by atoms with van der Waals surface area (Å²) in [5, 5.41) is 21.9. The third-order valence-electron chi connectivity index (χ3n) is 4.14. The Morgan fingerprint density at radius 3 is 2.56 bits per heavy atom. The minimum Gasteiger partial charge on any atom is -0.426 e. The lowest BCUT2D eigenvalue weighted by Gasteiger charge is -2.28. The number of amides is 1. The quantitative estimate of drug-likeness (QED) is 0.613. The Balaban J connectivity index is 1.88. The van der Waals surface area contributed by atoms with Crippen molar-refractivity contribution in [3.05, 3.63) is 0 Å². The molecule has 2 fully saturated rings. The van der Waals surface area contributed by atoms with Crippen LogP contribution in [0.3, 0.4) is 0 Å². The maximum Gasteiger partial charge on any atom is 0.475 e. The van der Waals surface area contributed by atoms with E-state index in [1.807, 2.05) is 6.92 Å². The van der Waals surface area contributed by atoms with Gasteiger partial charge < -0.3 is 20.3 Å². The normalized spacial score (nSPS) is 26.6. The van der Waals surface area contributed by atoms with Crippen LogP contribution in [0.25, 0.3) is 0 Å². The van der Waals surface area contributed by atoms with Gasteiger partial charge in [0, 0.05) is 12.6 Å². The third-order valence-corrected chi connectivity index (χ3v) is 4.14. The highest BCUT2D eigenvalue weighted by Crippen LogP contribution is 2.21. The molecule has 0 aromatic heterocycles. The van der Waals surface area contributed by atoms with Gasteiger partial charge in [-0.3, -0.25) is 4.79 Å². The molecular formula is C12H23BN2O3. The zero-order chi connectivity index (χ0) is 13.1. The second-order valence-corrected chi connectivity index (χ2v) is 5.52. The van der Waals surface area contributed by atoms with Gasteiger partial charge >= 0.3 is 7.12 Å². The molecule has 1 heterocycles. The number of likely N-dealkylation sites (tertiary alicyclic amines) is 1. The zero-order valence-corrected chi connectivity index (χ0v) is 11.0. The van der Waals surface area contributed by atoms with E-state index in [0.29, 0.717) is 19.0 Å². The molecule has 18 heavy (non-hydrogen) atoms. The largest absolute Gasteiger partial charge is 0.475 e. The van der Waals surface area contributed by atoms with Crippen molar-refractivity contribution in [2.24, 2.45) is 0 Å². The molecule has 2 atom stereocenters. The minimum absolute atomic E-state index is 0.00231. The van der Waals surface area contributed by atoms with Gasteiger partial charge in [-0.1, -0.05) is 12.8 Å². The third kappa shape index (κ3) is 3.05. The van der Waals surface area contributed by atoms with Crippen LogP contribution in [0.4, 0.5) is 0 Å². The summed E-state index contributed by atoms with van der Waals surface area (Å²) in [5.74, 6) is -0.428. The van der Waals surface area contributed by atoms with Crippen molar-refractivity contribution >= 4 is 13.0 Å². The van der Waals surface area contributed by atoms with Gasteiger partial charge in [0.25, 0.3) is 0 Å². The topological polar surface area (TPSA) is 72.8 Å². The average molecular weight is 254 g/mol. The summed E-state index contributed by atoms with van der Waals surface area (Å²) in [5.41, 5.74) is 0. The number of hydrogen-bond donors (Lipinski definition) is 3. The summed E-state index contributed by atoms with van der Waals surface area (Å²) in [7, 11) is -1.42. The molecule has 1 amide bonds. The van der Waals surface area contributed by atoms with Crippen LogP contribution in [0.5, 0.6) is 0 Å². The van der Waals surface area contributed by atoms with Crippen molar-refractivity contribution in [2.75, 3.05) is 6.54 Å². The molecule has 0 spiro atoms. The Labute approximate surface area is 109 Å². The van der Waals surface area contributed by atoms with Gasteiger partial charge in [0.2, 0.25) is 5.91 Å². The lowest BCUT2D eigenvalue weighted by molar-refractivity contribution is -0.133. The van der Waals surface area contributed by atoms with Gasteiger partial charge in [0.15, 0.2) is 0 Å². The van der Waals surface area contributed by atoms with E-state index >= 15 is 0 Å². The first-order valence-electron chi connectivity index (χ1n) is 7.02. The van der Waals surface area contributed by atoms with Crippen molar-refractivity contribution < 1.29 is 14.8 Å². The summed E-state index contributed by atoms with van der Waals surface area (Å²) in [6, 6.07) is 0.219. The second kappa shape index (κ2) is 6.04. The molecule has 0 bridgehead atoms. The molecule has 0 aromatic carbocycles. The van der Waals surface area contributed by atoms with Crippen molar-refractivity contribution in [3.8, 4) is 0 Å². The summed E-state index contributed by atoms with van der Waals surface area (Å²) in [6.07, 6.45) is 6.29. The highest BCUT2D eigenvalue weighted by molar-refractivity contribution is 6.43. The van der Waals surface area contributed by atoms with Crippen LogP contribution in [0.2, 0.25) is 0 Å². The Morgan fingerprint density at radius 2 is 1.94 bits per heavy atom. The molecule has 0 aromatic rings. The average Bonchev–Trinajstić information content (AvgIpc) is 2.97. The first kappa shape index (κ1) is 13.8. The fourth-order valence-electron chi connectivity index (χ4n) is 3.14. The van der Waals surface area contributed by atoms with E-state index in [4.69, 9.17) is 0 Å². The summed E-state index contributed by atoms with van der Waals surface area (Å²) in [4.78, 5) is 13.9. The maximum atomic E-state index is 12.3. The SMILES string of the molecule is C[C@H](NC1CCCC1)C(=O)N1CCC[C@H]1B(O)O. The van der Waals surface area contributed by atoms with E-state index in [0.717, 1.165) is 19.3 Å². The van der Waals surface area contributed by atoms with E-state index in [-0.39, 0.29) is 11.9 Å². The Hall–Kier alpha value is -0.585. The molecule has 0 radical (unpaired) electrons. The summed E-state index contributed by atoms with van der Waals surface area (Å²) in [6.45, 7) is 2.51. The molecule has 2 rings (SSSR count). The van der Waals surface area contributed by atoms with Crippen molar-refractivity contribution in [2.45, 2.75) is 63.5 Å². The van der Waals surface area contributed by atoms with E-state index in [9.17, 15) is 14.8 Å². The number of nitrogens with zero attached hydrogens (tertiary/aromatic N) is 1. The van der Waals surface area contributed by atoms with Gasteiger partial charge in [-0.2, -0.15) is 0 Å². The lowest BCUT2D eigenvalue weighted by atomic mass is 9.78. The van der Waals surface area contributed by atoms with Gasteiger partial charge in [-0.15, -0.1) is 0 Å². The molecule has 6 heteroatoms. The molecule has 5 nitrogen and oxygen atoms in total. The molecule has 1 saturated carbocycles. The smallest absolute Gasteiger partial charge is 0.426 e. The highest BCUT2D eigenvalue weighted by Gasteiger charge is 2.38. The molecule has 1 aliphatic carbocycles. The van der Waals surface area contributed by atoms with Gasteiger partial charge in [-0.25, -0.2) is 0 Å². The predicted molar refractivity (Wildman–Crippen MR) is 69.8 cm³/mol. The van der Waals surface area contributed by atoms with Gasteiger partial charge in [-0.05, 0) is 32.6 Å². The molecule has 0 unspecified atom stereocenters. The number of nitrogens with one attached hydrogen (secondary N) is 1. The maximum absolute atomic E-state index is 12.3. The van der Waals surface area contributed by atoms with Crippen LogP contribution in [0.15, 0.2) is 0 Å². The monoisotopic (exact) mass is 254 g/mol. The fourth-order valence-corrected chi connectivity index (χ4v) is 3.14. The van der Waals surface area contributed by atoms with Crippen LogP contribution in [0.1, 0.15) is 45.4 Å². The number of carbonyl (C=O) groups is 1. The van der Waals surface area contributed by atoms with E-state index in [2.05, 4.69) is 5.32 Å². The van der Waals surface area contributed by atoms with Gasteiger partial charge in [0.1, 0.15) is 0 Å². The molecule has 1 aliphatic heterocycles. The fraction of sp³-hybridized carbons (Fsp3) is 0.917. The minimum atomic E-state index is -1.42. The van der Waals surface area contributed by atoms with Crippen LogP contribution in [-0.4, -0.2) is 52.5 Å². The molecule has 102 valence electrons. The van der Waals surface area contributed by atoms with Gasteiger partial charge in [0.05, 0.1) is 12.0 Å². The first-order chi connectivity index (χ1) is 8.59. The van der Waals surface area contributed by atoms with Crippen molar-refractivity contribution in [1.82, 2.24) is 10.2 Å². The first-order valence-corrected chi connectivity index (χ1v) is 7.02. The van der Waals surface area contributed by atoms with E-state index in [1.165, 1.54) is 12.8 Å². The zero-order valence-electron chi connectivity index (χ0n) is 11.0. The molecular weight excluding hydrogens is 231 g/mol. The summed E-state index contributed by atoms with van der Waals surface area (Å²) >= 11 is 0. The standard InChI is InChI=1S/C12H23BN2O3/c1-9(14-10-5-2-3-6-10)12(16)15-8-4-7-11(15)13(17)18/h9-11,14,17-18H,2-8H2,1H3/t9-,11-/m0/s1. The van der Waals surface area contributed by atoms with Crippen molar-refractivity contribution in [3.63, 3.8) is 0 Å². The Bertz CT molecular complexity index is 295. The second-order valence-electron chi connectivity index (χ2n) is 5.52. The van der Waals surface area contributed by atoms with E-state index in [1.54, 1.807) is 4.90 Å². The van der Waals surface area contributed by atoms with Crippen LogP contribution in [-0.2, 0) is 4.79 Å². The number of rotatable bonds is 4. The predicted octanol–water partition coefficient (Wildman–Crippen LogP) is -0.0899. The number of carbonyl (C=O) groups excluding carboxylic acids is 1. The molecule has 2 aliphatic rings. The van der Waals surface area contributed by atoms with E-state index < -0.39 is 13.1 Å². The highest BCUT2D eigenvalue weighted by atomic mass is 16.4. The molecule has 1 saturated heterocycles. The van der Waals surface area contributed by atoms with Crippen LogP contribution in [0, 0.1) is 0 Å². The Kier molecular flexibility index (Phi) is 4.64. The summed E-state index contributed by atoms with van der Waals surface area (Å²) < 4.78 is 0. The van der Waals surface area contributed by atoms with Crippen LogP contribution < -0.4 is 5.32 Å². The van der Waals surface area contributed by atoms with Crippen molar-refractivity contribution in [1.29, 1.82) is 0 Å². The number of hydrogen-bond acceptors (Lipinski definition) is 4. The molecule has 3 N–H and O–H groups in total. The lowest BCUT2D eigenvalue weighted by Crippen LogP contribution is -2.53. The Morgan fingerprint density at radius 1 is 1.28 bits per heavy atom.